The van der Waals surface area contributed by atoms with Crippen molar-refractivity contribution in [1.82, 2.24) is 43.2 Å². The van der Waals surface area contributed by atoms with Crippen molar-refractivity contribution < 1.29 is 23.7 Å². The molecule has 0 aliphatic carbocycles. The number of carbonyl (C=O) groups excluding carboxylic acids is 1. The second kappa shape index (κ2) is 10.5. The third-order valence-corrected chi connectivity index (χ3v) is 7.34. The van der Waals surface area contributed by atoms with Crippen molar-refractivity contribution in [3.05, 3.63) is 72.2 Å². The van der Waals surface area contributed by atoms with Crippen LogP contribution in [0.2, 0.25) is 0 Å². The van der Waals surface area contributed by atoms with E-state index in [4.69, 9.17) is 18.9 Å². The predicted octanol–water partition coefficient (Wildman–Crippen LogP) is -2.22. The minimum atomic E-state index is -0.911. The van der Waals surface area contributed by atoms with Crippen LogP contribution >= 0.6 is 0 Å². The Bertz CT molecular complexity index is 1950. The lowest BCUT2D eigenvalue weighted by Crippen LogP contribution is -2.37. The zero-order valence-corrected chi connectivity index (χ0v) is 23.7. The molecule has 4 aromatic heterocycles. The molecule has 0 radical (unpaired) electrons. The number of imidazole rings is 1. The quantitative estimate of drug-likeness (QED) is 0.214. The van der Waals surface area contributed by atoms with Crippen LogP contribution in [0, 0.1) is 0 Å². The van der Waals surface area contributed by atoms with Crippen LogP contribution in [0.5, 0.6) is 0 Å². The molecule has 18 heteroatoms. The Morgan fingerprint density at radius 3 is 2.65 bits per heavy atom. The van der Waals surface area contributed by atoms with Gasteiger partial charge in [0.2, 0.25) is 0 Å². The highest BCUT2D eigenvalue weighted by atomic mass is 16.8. The molecule has 0 aromatic carbocycles. The number of nitrogens with zero attached hydrogens (tertiary/aromatic N) is 8. The zero-order chi connectivity index (χ0) is 30.6. The number of hydrogen-bond acceptors (Lipinski definition) is 12. The van der Waals surface area contributed by atoms with Crippen molar-refractivity contribution in [2.24, 2.45) is 14.1 Å². The second-order valence-electron chi connectivity index (χ2n) is 10.8. The van der Waals surface area contributed by atoms with E-state index in [-0.39, 0.29) is 37.3 Å². The van der Waals surface area contributed by atoms with Gasteiger partial charge in [0.25, 0.3) is 11.1 Å². The second-order valence-corrected chi connectivity index (χ2v) is 10.8. The van der Waals surface area contributed by atoms with Crippen molar-refractivity contribution in [3.63, 3.8) is 0 Å². The SMILES string of the molecule is Cn1c(=O)c2c(ncn2CC(=O)OCCc2cn(CC3OC(n4ccc(=O)[nH]c4=O)C4OC(C)(C)OC34)nn2)n(C)c1=O. The molecule has 4 atom stereocenters. The third kappa shape index (κ3) is 5.23. The molecule has 2 aliphatic rings. The summed E-state index contributed by atoms with van der Waals surface area (Å²) in [6, 6.07) is 1.23. The molecule has 2 fully saturated rings. The van der Waals surface area contributed by atoms with E-state index < -0.39 is 58.8 Å². The van der Waals surface area contributed by atoms with Crippen LogP contribution < -0.4 is 22.5 Å². The lowest BCUT2D eigenvalue weighted by atomic mass is 10.1. The van der Waals surface area contributed by atoms with Crippen LogP contribution in [-0.4, -0.2) is 79.9 Å². The summed E-state index contributed by atoms with van der Waals surface area (Å²) < 4.78 is 29.9. The Labute approximate surface area is 241 Å². The molecule has 4 unspecified atom stereocenters. The number of rotatable bonds is 8. The van der Waals surface area contributed by atoms with Gasteiger partial charge in [-0.2, -0.15) is 0 Å². The van der Waals surface area contributed by atoms with Crippen LogP contribution in [0.3, 0.4) is 0 Å². The van der Waals surface area contributed by atoms with Crippen molar-refractivity contribution in [1.29, 1.82) is 0 Å². The van der Waals surface area contributed by atoms with E-state index in [1.54, 1.807) is 24.7 Å². The Hall–Kier alpha value is -4.68. The van der Waals surface area contributed by atoms with Gasteiger partial charge in [-0.15, -0.1) is 5.10 Å². The highest BCUT2D eigenvalue weighted by Gasteiger charge is 2.56. The minimum Gasteiger partial charge on any atom is -0.464 e. The van der Waals surface area contributed by atoms with Crippen molar-refractivity contribution in [2.45, 2.75) is 63.7 Å². The van der Waals surface area contributed by atoms with Crippen molar-refractivity contribution in [2.75, 3.05) is 6.61 Å². The van der Waals surface area contributed by atoms with E-state index in [9.17, 15) is 24.0 Å². The first-order valence-corrected chi connectivity index (χ1v) is 13.4. The van der Waals surface area contributed by atoms with E-state index in [1.165, 1.54) is 46.4 Å². The van der Waals surface area contributed by atoms with Crippen molar-refractivity contribution in [3.8, 4) is 0 Å². The van der Waals surface area contributed by atoms with E-state index in [2.05, 4.69) is 20.3 Å². The number of carbonyl (C=O) groups is 1. The topological polar surface area (TPSA) is 201 Å². The summed E-state index contributed by atoms with van der Waals surface area (Å²) in [6.45, 7) is 3.50. The van der Waals surface area contributed by atoms with Gasteiger partial charge >= 0.3 is 17.3 Å². The number of ether oxygens (including phenoxy) is 4. The monoisotopic (exact) mass is 599 g/mol. The third-order valence-electron chi connectivity index (χ3n) is 7.34. The largest absolute Gasteiger partial charge is 0.464 e. The molecule has 43 heavy (non-hydrogen) atoms. The molecule has 6 heterocycles. The van der Waals surface area contributed by atoms with Gasteiger partial charge in [0.15, 0.2) is 23.2 Å². The molecule has 0 amide bonds. The summed E-state index contributed by atoms with van der Waals surface area (Å²) >= 11 is 0. The lowest BCUT2D eigenvalue weighted by molar-refractivity contribution is -0.198. The zero-order valence-electron chi connectivity index (χ0n) is 23.7. The number of nitrogens with one attached hydrogen (secondary N) is 1. The van der Waals surface area contributed by atoms with Crippen LogP contribution in [0.1, 0.15) is 25.8 Å². The maximum atomic E-state index is 12.6. The molecule has 2 saturated heterocycles. The molecule has 0 saturated carbocycles. The lowest BCUT2D eigenvalue weighted by Gasteiger charge is -2.24. The molecule has 228 valence electrons. The summed E-state index contributed by atoms with van der Waals surface area (Å²) in [5.74, 6) is -1.51. The number of fused-ring (bicyclic) bond motifs is 2. The first kappa shape index (κ1) is 28.4. The molecule has 0 bridgehead atoms. The molecule has 2 aliphatic heterocycles. The average Bonchev–Trinajstić information content (AvgIpc) is 3.71. The van der Waals surface area contributed by atoms with Crippen LogP contribution in [0.25, 0.3) is 11.2 Å². The smallest absolute Gasteiger partial charge is 0.332 e. The van der Waals surface area contributed by atoms with Gasteiger partial charge in [0.1, 0.15) is 24.9 Å². The standard InChI is InChI=1S/C25H29N9O9/c1-25(2)42-18-14(41-22(19(18)43-25)34-7-5-15(35)27-23(34)38)10-33-9-13(28-29-33)6-8-40-16(36)11-32-12-26-20-17(32)21(37)31(4)24(39)30(20)3/h5,7,9,12,14,18-19,22H,6,8,10-11H2,1-4H3,(H,27,35,38). The molecule has 0 spiro atoms. The Balaban J connectivity index is 1.08. The fourth-order valence-electron chi connectivity index (χ4n) is 5.36. The summed E-state index contributed by atoms with van der Waals surface area (Å²) in [4.78, 5) is 67.5. The number of esters is 1. The molecule has 6 rings (SSSR count). The summed E-state index contributed by atoms with van der Waals surface area (Å²) in [7, 11) is 2.84. The first-order valence-electron chi connectivity index (χ1n) is 13.4. The molecule has 18 nitrogen and oxygen atoms in total. The van der Waals surface area contributed by atoms with Crippen molar-refractivity contribution >= 4 is 17.1 Å². The van der Waals surface area contributed by atoms with E-state index in [0.29, 0.717) is 5.69 Å². The first-order chi connectivity index (χ1) is 20.4. The number of aromatic amines is 1. The van der Waals surface area contributed by atoms with Gasteiger partial charge < -0.3 is 23.5 Å². The molecular formula is C25H29N9O9. The minimum absolute atomic E-state index is 0.00756. The Morgan fingerprint density at radius 1 is 1.12 bits per heavy atom. The summed E-state index contributed by atoms with van der Waals surface area (Å²) in [5, 5.41) is 8.27. The molecule has 4 aromatic rings. The maximum Gasteiger partial charge on any atom is 0.332 e. The van der Waals surface area contributed by atoms with E-state index in [0.717, 1.165) is 4.57 Å². The number of hydrogen-bond donors (Lipinski definition) is 1. The highest BCUT2D eigenvalue weighted by Crippen LogP contribution is 2.42. The Kier molecular flexibility index (Phi) is 6.98. The summed E-state index contributed by atoms with van der Waals surface area (Å²) in [6.07, 6.45) is 2.10. The predicted molar refractivity (Wildman–Crippen MR) is 144 cm³/mol. The van der Waals surface area contributed by atoms with Gasteiger partial charge in [0, 0.05) is 39.0 Å². The van der Waals surface area contributed by atoms with E-state index in [1.807, 2.05) is 0 Å². The fourth-order valence-corrected chi connectivity index (χ4v) is 5.36. The van der Waals surface area contributed by atoms with Gasteiger partial charge in [-0.1, -0.05) is 5.21 Å². The number of H-pyrrole nitrogens is 1. The van der Waals surface area contributed by atoms with Crippen LogP contribution in [-0.2, 0) is 57.3 Å². The number of aromatic nitrogens is 9. The van der Waals surface area contributed by atoms with Crippen LogP contribution in [0.4, 0.5) is 0 Å². The molecule has 1 N–H and O–H groups in total. The van der Waals surface area contributed by atoms with Crippen LogP contribution in [0.15, 0.2) is 44.0 Å². The fraction of sp³-hybridized carbons (Fsp3) is 0.520. The van der Waals surface area contributed by atoms with Gasteiger partial charge in [-0.05, 0) is 13.8 Å². The molecular weight excluding hydrogens is 570 g/mol. The highest BCUT2D eigenvalue weighted by molar-refractivity contribution is 5.75. The van der Waals surface area contributed by atoms with Gasteiger partial charge in [0.05, 0.1) is 25.2 Å². The van der Waals surface area contributed by atoms with Gasteiger partial charge in [-0.3, -0.25) is 33.1 Å². The maximum absolute atomic E-state index is 12.6. The number of aryl methyl sites for hydroxylation is 1. The normalized spacial score (nSPS) is 22.7. The average molecular weight is 600 g/mol. The van der Waals surface area contributed by atoms with Gasteiger partial charge in [-0.25, -0.2) is 19.3 Å². The summed E-state index contributed by atoms with van der Waals surface area (Å²) in [5.41, 5.74) is -1.39. The Morgan fingerprint density at radius 2 is 1.88 bits per heavy atom. The van der Waals surface area contributed by atoms with E-state index >= 15 is 0 Å².